The molecule has 0 aliphatic carbocycles. The number of carbonyl (C=O) groups excluding carboxylic acids is 1. The minimum absolute atomic E-state index is 0.0898. The van der Waals surface area contributed by atoms with Crippen LogP contribution in [0.25, 0.3) is 0 Å². The van der Waals surface area contributed by atoms with Gasteiger partial charge < -0.3 is 4.90 Å². The third-order valence-electron chi connectivity index (χ3n) is 4.56. The van der Waals surface area contributed by atoms with Gasteiger partial charge in [-0.15, -0.1) is 11.3 Å². The van der Waals surface area contributed by atoms with Gasteiger partial charge in [-0.3, -0.25) is 19.6 Å². The van der Waals surface area contributed by atoms with Crippen LogP contribution in [0.2, 0.25) is 0 Å². The van der Waals surface area contributed by atoms with E-state index in [2.05, 4.69) is 5.10 Å². The van der Waals surface area contributed by atoms with Crippen LogP contribution in [0.1, 0.15) is 17.8 Å². The second-order valence-electron chi connectivity index (χ2n) is 6.25. The highest BCUT2D eigenvalue weighted by atomic mass is 32.2. The summed E-state index contributed by atoms with van der Waals surface area (Å²) in [5.74, 6) is -0.487. The van der Waals surface area contributed by atoms with Crippen LogP contribution in [0.5, 0.6) is 0 Å². The maximum Gasteiger partial charge on any atom is 0.319 e. The second kappa shape index (κ2) is 8.12. The van der Waals surface area contributed by atoms with Crippen LogP contribution in [0.15, 0.2) is 21.7 Å². The van der Waals surface area contributed by atoms with Crippen LogP contribution in [-0.4, -0.2) is 64.4 Å². The van der Waals surface area contributed by atoms with Crippen LogP contribution in [0.4, 0.5) is 14.5 Å². The molecule has 1 fully saturated rings. The quantitative estimate of drug-likeness (QED) is 0.489. The first-order chi connectivity index (χ1) is 13.6. The van der Waals surface area contributed by atoms with E-state index in [1.165, 1.54) is 22.2 Å². The largest absolute Gasteiger partial charge is 0.338 e. The normalized spacial score (nSPS) is 15.8. The molecule has 2 aromatic heterocycles. The first kappa shape index (κ1) is 21.3. The fourth-order valence-electron chi connectivity index (χ4n) is 3.03. The van der Waals surface area contributed by atoms with E-state index in [4.69, 9.17) is 0 Å². The summed E-state index contributed by atoms with van der Waals surface area (Å²) in [5.41, 5.74) is -1.93. The van der Waals surface area contributed by atoms with Gasteiger partial charge in [-0.1, -0.05) is 6.07 Å². The van der Waals surface area contributed by atoms with Gasteiger partial charge in [0.1, 0.15) is 16.4 Å². The summed E-state index contributed by atoms with van der Waals surface area (Å²) >= 11 is 1.10. The number of alkyl halides is 2. The van der Waals surface area contributed by atoms with Crippen LogP contribution in [0.3, 0.4) is 0 Å². The lowest BCUT2D eigenvalue weighted by molar-refractivity contribution is -0.386. The van der Waals surface area contributed by atoms with Crippen LogP contribution >= 0.6 is 11.3 Å². The number of hydrogen-bond acceptors (Lipinski definition) is 7. The molecule has 0 spiro atoms. The molecule has 0 radical (unpaired) electrons. The van der Waals surface area contributed by atoms with Gasteiger partial charge in [0.15, 0.2) is 0 Å². The van der Waals surface area contributed by atoms with Gasteiger partial charge in [0.05, 0.1) is 4.92 Å². The first-order valence-electron chi connectivity index (χ1n) is 8.44. The molecule has 0 saturated carbocycles. The molecular weight excluding hydrogens is 432 g/mol. The Hall–Kier alpha value is -2.45. The number of hydrogen-bond donors (Lipinski definition) is 0. The summed E-state index contributed by atoms with van der Waals surface area (Å²) in [6.07, 6.45) is -3.14. The Kier molecular flexibility index (Phi) is 5.95. The van der Waals surface area contributed by atoms with E-state index in [1.54, 1.807) is 11.4 Å². The average molecular weight is 449 g/mol. The molecule has 10 nitrogen and oxygen atoms in total. The number of rotatable bonds is 6. The number of piperazine rings is 1. The summed E-state index contributed by atoms with van der Waals surface area (Å²) in [4.78, 5) is 24.0. The topological polar surface area (TPSA) is 119 Å². The fraction of sp³-hybridized carbons (Fsp3) is 0.467. The van der Waals surface area contributed by atoms with Crippen molar-refractivity contribution in [3.63, 3.8) is 0 Å². The summed E-state index contributed by atoms with van der Waals surface area (Å²) in [6.45, 7) is 1.22. The summed E-state index contributed by atoms with van der Waals surface area (Å²) in [7, 11) is -3.62. The zero-order chi connectivity index (χ0) is 21.3. The van der Waals surface area contributed by atoms with E-state index < -0.39 is 45.2 Å². The molecule has 0 unspecified atom stereocenters. The molecule has 1 amide bonds. The molecule has 2 aromatic rings. The van der Waals surface area contributed by atoms with Crippen molar-refractivity contribution in [2.24, 2.45) is 0 Å². The molecule has 0 N–H and O–H groups in total. The highest BCUT2D eigenvalue weighted by Gasteiger charge is 2.33. The molecule has 0 aromatic carbocycles. The lowest BCUT2D eigenvalue weighted by atomic mass is 10.3. The highest BCUT2D eigenvalue weighted by molar-refractivity contribution is 7.91. The lowest BCUT2D eigenvalue weighted by Crippen LogP contribution is -2.51. The molecule has 29 heavy (non-hydrogen) atoms. The Balaban J connectivity index is 1.68. The molecular formula is C15H17F2N5O5S2. The molecule has 0 bridgehead atoms. The van der Waals surface area contributed by atoms with Gasteiger partial charge >= 0.3 is 5.69 Å². The second-order valence-corrected chi connectivity index (χ2v) is 9.36. The zero-order valence-electron chi connectivity index (χ0n) is 15.2. The van der Waals surface area contributed by atoms with Gasteiger partial charge in [-0.05, 0) is 18.4 Å². The summed E-state index contributed by atoms with van der Waals surface area (Å²) in [5, 5.41) is 16.2. The van der Waals surface area contributed by atoms with E-state index in [0.29, 0.717) is 0 Å². The molecule has 0 atom stereocenters. The van der Waals surface area contributed by atoms with E-state index in [1.807, 2.05) is 0 Å². The predicted molar refractivity (Wildman–Crippen MR) is 98.2 cm³/mol. The van der Waals surface area contributed by atoms with Crippen molar-refractivity contribution >= 4 is 33.0 Å². The van der Waals surface area contributed by atoms with Crippen molar-refractivity contribution in [2.45, 2.75) is 24.1 Å². The van der Waals surface area contributed by atoms with Crippen LogP contribution in [-0.2, 0) is 21.4 Å². The van der Waals surface area contributed by atoms with Crippen molar-refractivity contribution in [1.82, 2.24) is 19.0 Å². The van der Waals surface area contributed by atoms with Crippen molar-refractivity contribution < 1.29 is 26.9 Å². The van der Waals surface area contributed by atoms with E-state index >= 15 is 0 Å². The number of nitro groups is 1. The Bertz CT molecular complexity index is 1010. The third kappa shape index (κ3) is 4.13. The number of nitrogens with zero attached hydrogens (tertiary/aromatic N) is 5. The number of carbonyl (C=O) groups is 1. The van der Waals surface area contributed by atoms with Crippen molar-refractivity contribution in [3.05, 3.63) is 39.0 Å². The molecule has 1 saturated heterocycles. The molecule has 3 heterocycles. The number of aromatic nitrogens is 2. The summed E-state index contributed by atoms with van der Waals surface area (Å²) in [6, 6.07) is 3.14. The highest BCUT2D eigenvalue weighted by Crippen LogP contribution is 2.31. The number of thiophene rings is 1. The minimum atomic E-state index is -3.62. The van der Waals surface area contributed by atoms with Gasteiger partial charge in [0.25, 0.3) is 16.4 Å². The fourth-order valence-corrected chi connectivity index (χ4v) is 5.60. The molecule has 14 heteroatoms. The van der Waals surface area contributed by atoms with Crippen LogP contribution < -0.4 is 0 Å². The molecule has 1 aliphatic rings. The number of amides is 1. The van der Waals surface area contributed by atoms with Crippen LogP contribution in [0, 0.1) is 17.0 Å². The van der Waals surface area contributed by atoms with E-state index in [0.717, 1.165) is 16.0 Å². The van der Waals surface area contributed by atoms with Crippen molar-refractivity contribution in [2.75, 3.05) is 26.2 Å². The molecule has 1 aliphatic heterocycles. The van der Waals surface area contributed by atoms with E-state index in [9.17, 15) is 32.1 Å². The SMILES string of the molecule is Cc1c([N+](=O)[O-])c(C(F)F)nn1CC(=O)N1CCN(S(=O)(=O)c2cccs2)CC1. The standard InChI is InChI=1S/C15H17F2N5O5S2/c1-10-14(22(24)25)13(15(16)17)18-21(10)9-11(23)19-4-6-20(7-5-19)29(26,27)12-3-2-8-28-12/h2-3,8,15H,4-7,9H2,1H3. The smallest absolute Gasteiger partial charge is 0.319 e. The third-order valence-corrected chi connectivity index (χ3v) is 7.83. The monoisotopic (exact) mass is 449 g/mol. The predicted octanol–water partition coefficient (Wildman–Crippen LogP) is 1.63. The Labute approximate surface area is 168 Å². The van der Waals surface area contributed by atoms with Crippen molar-refractivity contribution in [1.29, 1.82) is 0 Å². The zero-order valence-corrected chi connectivity index (χ0v) is 16.8. The maximum absolute atomic E-state index is 13.0. The molecule has 158 valence electrons. The Morgan fingerprint density at radius 1 is 1.34 bits per heavy atom. The lowest BCUT2D eigenvalue weighted by Gasteiger charge is -2.33. The average Bonchev–Trinajstić information content (AvgIpc) is 3.31. The maximum atomic E-state index is 13.0. The van der Waals surface area contributed by atoms with Gasteiger partial charge in [0, 0.05) is 26.2 Å². The van der Waals surface area contributed by atoms with Crippen molar-refractivity contribution in [3.8, 4) is 0 Å². The Morgan fingerprint density at radius 3 is 2.48 bits per heavy atom. The molecule has 3 rings (SSSR count). The summed E-state index contributed by atoms with van der Waals surface area (Å²) < 4.78 is 53.4. The first-order valence-corrected chi connectivity index (χ1v) is 10.8. The van der Waals surface area contributed by atoms with E-state index in [-0.39, 0.29) is 36.1 Å². The Morgan fingerprint density at radius 2 is 2.00 bits per heavy atom. The number of sulfonamides is 1. The van der Waals surface area contributed by atoms with Gasteiger partial charge in [-0.2, -0.15) is 9.40 Å². The number of halogens is 2. The minimum Gasteiger partial charge on any atom is -0.338 e. The van der Waals surface area contributed by atoms with Gasteiger partial charge in [-0.25, -0.2) is 17.2 Å². The van der Waals surface area contributed by atoms with Gasteiger partial charge in [0.2, 0.25) is 11.6 Å².